The predicted molar refractivity (Wildman–Crippen MR) is 236 cm³/mol. The van der Waals surface area contributed by atoms with Gasteiger partial charge in [-0.15, -0.1) is 0 Å². The molecule has 0 aromatic carbocycles. The Morgan fingerprint density at radius 3 is 2.26 bits per heavy atom. The van der Waals surface area contributed by atoms with E-state index in [1.165, 1.54) is 33.1 Å². The molecule has 4 heterocycles. The Morgan fingerprint density at radius 1 is 0.924 bits per heavy atom. The van der Waals surface area contributed by atoms with Crippen LogP contribution in [0, 0.1) is 5.41 Å². The lowest BCUT2D eigenvalue weighted by Crippen LogP contribution is -2.46. The van der Waals surface area contributed by atoms with Gasteiger partial charge in [-0.2, -0.15) is 4.31 Å². The molecular formula is C37H60N7O18P3S. The Morgan fingerprint density at radius 2 is 1.59 bits per heavy atom. The number of aliphatic hydroxyl groups excluding tert-OH is 2. The molecule has 1 aliphatic heterocycles. The summed E-state index contributed by atoms with van der Waals surface area (Å²) in [5.41, 5.74) is 4.27. The van der Waals surface area contributed by atoms with Gasteiger partial charge >= 0.3 is 23.5 Å². The van der Waals surface area contributed by atoms with Crippen molar-refractivity contribution in [2.24, 2.45) is 5.41 Å². The second-order valence-electron chi connectivity index (χ2n) is 16.0. The fourth-order valence-electron chi connectivity index (χ4n) is 6.53. The van der Waals surface area contributed by atoms with Gasteiger partial charge in [-0.05, 0) is 31.4 Å². The first-order valence-corrected chi connectivity index (χ1v) is 26.6. The molecule has 29 heteroatoms. The maximum absolute atomic E-state index is 12.7. The summed E-state index contributed by atoms with van der Waals surface area (Å²) in [5, 5.41) is 26.6. The van der Waals surface area contributed by atoms with E-state index in [1.807, 2.05) is 12.1 Å². The largest absolute Gasteiger partial charge is 0.481 e. The molecule has 1 aliphatic rings. The third-order valence-electron chi connectivity index (χ3n) is 10.1. The summed E-state index contributed by atoms with van der Waals surface area (Å²) >= 11 is 1.12. The monoisotopic (exact) mass is 1020 g/mol. The summed E-state index contributed by atoms with van der Waals surface area (Å²) in [6.45, 7) is 2.70. The van der Waals surface area contributed by atoms with E-state index in [9.17, 15) is 57.9 Å². The zero-order valence-electron chi connectivity index (χ0n) is 36.7. The van der Waals surface area contributed by atoms with Gasteiger partial charge in [0.2, 0.25) is 11.8 Å². The molecule has 66 heavy (non-hydrogen) atoms. The number of amides is 2. The average Bonchev–Trinajstić information content (AvgIpc) is 3.96. The van der Waals surface area contributed by atoms with Crippen molar-refractivity contribution in [1.82, 2.24) is 30.2 Å². The number of unbranched alkanes of at least 4 members (excludes halogenated alkanes) is 5. The summed E-state index contributed by atoms with van der Waals surface area (Å²) in [6, 6.07) is 4.06. The quantitative estimate of drug-likeness (QED) is 0.0342. The minimum absolute atomic E-state index is 0.0218. The van der Waals surface area contributed by atoms with Gasteiger partial charge in [0.25, 0.3) is 0 Å². The number of aliphatic hydroxyl groups is 2. The van der Waals surface area contributed by atoms with Crippen molar-refractivity contribution in [2.75, 3.05) is 37.8 Å². The number of phosphoric ester groups is 3. The van der Waals surface area contributed by atoms with Crippen LogP contribution in [0.3, 0.4) is 0 Å². The smallest absolute Gasteiger partial charge is 0.466 e. The van der Waals surface area contributed by atoms with E-state index >= 15 is 0 Å². The molecule has 1 fully saturated rings. The SMILES string of the molecule is CCCCCCc1ccc(CCCCCC(=O)SCCNC(=O)CCNC(=O)C(O)C(C)(C)COP(=O)(O)OP(=O)(O)OCC2OC(n3cnc4c(N)ncnc43)C(O)C2OP(=O)(O)O)o1. The second-order valence-corrected chi connectivity index (χ2v) is 21.4. The van der Waals surface area contributed by atoms with Crippen molar-refractivity contribution in [2.45, 2.75) is 122 Å². The molecule has 2 amide bonds. The molecule has 372 valence electrons. The van der Waals surface area contributed by atoms with Gasteiger partial charge in [0.05, 0.1) is 19.5 Å². The van der Waals surface area contributed by atoms with Crippen molar-refractivity contribution in [3.8, 4) is 0 Å². The Balaban J connectivity index is 1.11. The van der Waals surface area contributed by atoms with E-state index in [-0.39, 0.29) is 41.6 Å². The van der Waals surface area contributed by atoms with E-state index in [2.05, 4.69) is 41.3 Å². The Hall–Kier alpha value is -3.16. The molecular weight excluding hydrogens is 955 g/mol. The highest BCUT2D eigenvalue weighted by atomic mass is 32.2. The van der Waals surface area contributed by atoms with Crippen LogP contribution in [-0.2, 0) is 63.5 Å². The van der Waals surface area contributed by atoms with Crippen LogP contribution in [0.2, 0.25) is 0 Å². The second kappa shape index (κ2) is 25.4. The molecule has 25 nitrogen and oxygen atoms in total. The van der Waals surface area contributed by atoms with Crippen LogP contribution in [0.5, 0.6) is 0 Å². The van der Waals surface area contributed by atoms with E-state index in [0.717, 1.165) is 79.0 Å². The first-order chi connectivity index (χ1) is 31.0. The lowest BCUT2D eigenvalue weighted by atomic mass is 9.87. The zero-order chi connectivity index (χ0) is 48.7. The number of fused-ring (bicyclic) bond motifs is 1. The van der Waals surface area contributed by atoms with E-state index in [0.29, 0.717) is 12.2 Å². The number of carbonyl (C=O) groups excluding carboxylic acids is 3. The Bertz CT molecular complexity index is 2210. The molecule has 0 radical (unpaired) electrons. The number of nitrogens with two attached hydrogens (primary N) is 1. The third kappa shape index (κ3) is 18.1. The molecule has 1 saturated heterocycles. The number of ether oxygens (including phenoxy) is 1. The number of nitrogens with zero attached hydrogens (tertiary/aromatic N) is 4. The highest BCUT2D eigenvalue weighted by Gasteiger charge is 2.50. The molecule has 7 unspecified atom stereocenters. The number of anilines is 1. The molecule has 0 saturated carbocycles. The number of furan rings is 1. The third-order valence-corrected chi connectivity index (χ3v) is 14.1. The predicted octanol–water partition coefficient (Wildman–Crippen LogP) is 3.18. The van der Waals surface area contributed by atoms with Crippen molar-refractivity contribution in [1.29, 1.82) is 0 Å². The van der Waals surface area contributed by atoms with Crippen LogP contribution in [0.25, 0.3) is 11.2 Å². The number of thioether (sulfide) groups is 1. The highest BCUT2D eigenvalue weighted by molar-refractivity contribution is 8.13. The lowest BCUT2D eigenvalue weighted by Gasteiger charge is -2.30. The maximum atomic E-state index is 12.7. The Labute approximate surface area is 384 Å². The molecule has 0 spiro atoms. The fraction of sp³-hybridized carbons (Fsp3) is 0.676. The van der Waals surface area contributed by atoms with Gasteiger partial charge in [0.1, 0.15) is 47.8 Å². The van der Waals surface area contributed by atoms with Gasteiger partial charge in [-0.1, -0.05) is 58.2 Å². The summed E-state index contributed by atoms with van der Waals surface area (Å²) in [5.74, 6) is 0.903. The number of imidazole rings is 1. The van der Waals surface area contributed by atoms with Crippen molar-refractivity contribution >= 4 is 69.1 Å². The first kappa shape index (κ1) is 55.4. The molecule has 0 aliphatic carbocycles. The van der Waals surface area contributed by atoms with Crippen molar-refractivity contribution in [3.05, 3.63) is 36.3 Å². The normalized spacial score (nSPS) is 20.2. The summed E-state index contributed by atoms with van der Waals surface area (Å²) in [4.78, 5) is 88.4. The average molecular weight is 1020 g/mol. The number of phosphoric acid groups is 3. The van der Waals surface area contributed by atoms with E-state index in [1.54, 1.807) is 0 Å². The standard InChI is InChI=1S/C37H60N7O18P3S/c1-4-5-6-8-11-24-14-15-25(59-24)12-9-7-10-13-28(46)66-19-18-39-27(45)16-17-40-35(49)32(48)37(2,3)21-58-65(55,56)62-64(53,54)57-20-26-31(61-63(50,51)52)30(47)36(60-26)44-23-43-29-33(38)41-22-42-34(29)44/h14-15,22-23,26,30-32,36,47-48H,4-13,16-21H2,1-3H3,(H,39,45)(H,40,49)(H,53,54)(H,55,56)(H2,38,41,42)(H2,50,51,52). The molecule has 7 atom stereocenters. The summed E-state index contributed by atoms with van der Waals surface area (Å²) < 4.78 is 68.3. The van der Waals surface area contributed by atoms with Crippen LogP contribution in [0.15, 0.2) is 29.2 Å². The summed E-state index contributed by atoms with van der Waals surface area (Å²) in [7, 11) is -16.4. The van der Waals surface area contributed by atoms with Gasteiger partial charge in [-0.25, -0.2) is 28.6 Å². The minimum Gasteiger partial charge on any atom is -0.466 e. The number of aromatic nitrogens is 4. The van der Waals surface area contributed by atoms with E-state index in [4.69, 9.17) is 23.9 Å². The summed E-state index contributed by atoms with van der Waals surface area (Å²) in [6.07, 6.45) is 2.59. The van der Waals surface area contributed by atoms with Crippen LogP contribution in [-0.4, -0.2) is 123 Å². The molecule has 3 aromatic heterocycles. The van der Waals surface area contributed by atoms with Gasteiger partial charge in [0.15, 0.2) is 22.8 Å². The minimum atomic E-state index is -5.58. The molecule has 0 bridgehead atoms. The zero-order valence-corrected chi connectivity index (χ0v) is 40.2. The van der Waals surface area contributed by atoms with E-state index < -0.39 is 84.6 Å². The maximum Gasteiger partial charge on any atom is 0.481 e. The van der Waals surface area contributed by atoms with Gasteiger partial charge in [0, 0.05) is 49.9 Å². The van der Waals surface area contributed by atoms with Crippen LogP contribution in [0.1, 0.15) is 96.3 Å². The number of rotatable bonds is 30. The van der Waals surface area contributed by atoms with Crippen LogP contribution in [0.4, 0.5) is 5.82 Å². The first-order valence-electron chi connectivity index (χ1n) is 21.1. The number of hydrogen-bond donors (Lipinski definition) is 9. The van der Waals surface area contributed by atoms with Crippen molar-refractivity contribution < 1.29 is 84.9 Å². The number of carbonyl (C=O) groups is 3. The molecule has 4 rings (SSSR count). The highest BCUT2D eigenvalue weighted by Crippen LogP contribution is 2.61. The number of nitrogens with one attached hydrogen (secondary N) is 2. The molecule has 10 N–H and O–H groups in total. The van der Waals surface area contributed by atoms with Gasteiger partial charge in [-0.3, -0.25) is 32.5 Å². The number of nitrogen functional groups attached to an aromatic ring is 1. The Kier molecular flexibility index (Phi) is 21.4. The van der Waals surface area contributed by atoms with Crippen molar-refractivity contribution in [3.63, 3.8) is 0 Å². The van der Waals surface area contributed by atoms with Gasteiger partial charge < -0.3 is 55.3 Å². The number of aryl methyl sites for hydroxylation is 2. The fourth-order valence-corrected chi connectivity index (χ4v) is 10.1. The van der Waals surface area contributed by atoms with Crippen LogP contribution < -0.4 is 16.4 Å². The molecule has 3 aromatic rings. The lowest BCUT2D eigenvalue weighted by molar-refractivity contribution is -0.137. The topological polar surface area (TPSA) is 377 Å². The number of hydrogen-bond acceptors (Lipinski definition) is 19. The van der Waals surface area contributed by atoms with Crippen LogP contribution >= 0.6 is 35.2 Å².